The minimum atomic E-state index is 0.223. The van der Waals surface area contributed by atoms with Crippen molar-refractivity contribution in [3.63, 3.8) is 0 Å². The summed E-state index contributed by atoms with van der Waals surface area (Å²) in [7, 11) is 1.99. The quantitative estimate of drug-likeness (QED) is 0.862. The van der Waals surface area contributed by atoms with Gasteiger partial charge in [-0.05, 0) is 32.9 Å². The molecule has 1 aromatic rings. The van der Waals surface area contributed by atoms with Crippen molar-refractivity contribution >= 4 is 0 Å². The minimum absolute atomic E-state index is 0.223. The van der Waals surface area contributed by atoms with Gasteiger partial charge in [0.25, 0.3) is 0 Å². The summed E-state index contributed by atoms with van der Waals surface area (Å²) in [6, 6.07) is 3.26. The molecule has 1 N–H and O–H groups in total. The van der Waals surface area contributed by atoms with Crippen LogP contribution in [0.5, 0.6) is 0 Å². The van der Waals surface area contributed by atoms with Crippen LogP contribution < -0.4 is 5.32 Å². The molecule has 1 saturated carbocycles. The van der Waals surface area contributed by atoms with E-state index in [9.17, 15) is 0 Å². The summed E-state index contributed by atoms with van der Waals surface area (Å²) in [6.45, 7) is 5.85. The summed E-state index contributed by atoms with van der Waals surface area (Å²) in [5, 5.41) is 7.70. The van der Waals surface area contributed by atoms with Crippen LogP contribution >= 0.6 is 0 Å². The Morgan fingerprint density at radius 1 is 1.47 bits per heavy atom. The molecule has 19 heavy (non-hydrogen) atoms. The number of hydrogen-bond acceptors (Lipinski definition) is 4. The maximum Gasteiger partial charge on any atom is 0.0911 e. The highest BCUT2D eigenvalue weighted by Crippen LogP contribution is 2.38. The Morgan fingerprint density at radius 2 is 2.32 bits per heavy atom. The van der Waals surface area contributed by atoms with Gasteiger partial charge in [-0.2, -0.15) is 5.10 Å². The molecule has 1 aromatic heterocycles. The molecular weight excluding hydrogens is 240 g/mol. The Bertz CT molecular complexity index is 413. The molecule has 1 saturated heterocycles. The van der Waals surface area contributed by atoms with Gasteiger partial charge in [-0.3, -0.25) is 9.58 Å². The summed E-state index contributed by atoms with van der Waals surface area (Å²) in [5.41, 5.74) is 1.30. The standard InChI is InChI=1S/C14H24N4O/c1-3-18-12(6-7-16-18)14-13(10-15-2)19-9-8-17(14)11-4-5-11/h6-7,11,13-15H,3-5,8-10H2,1-2H3. The van der Waals surface area contributed by atoms with E-state index in [1.54, 1.807) is 0 Å². The lowest BCUT2D eigenvalue weighted by Crippen LogP contribution is -2.50. The molecule has 0 bridgehead atoms. The van der Waals surface area contributed by atoms with Gasteiger partial charge in [-0.25, -0.2) is 0 Å². The number of nitrogens with one attached hydrogen (secondary N) is 1. The van der Waals surface area contributed by atoms with Crippen LogP contribution in [0.3, 0.4) is 0 Å². The fourth-order valence-electron chi connectivity index (χ4n) is 3.16. The zero-order valence-electron chi connectivity index (χ0n) is 11.9. The van der Waals surface area contributed by atoms with Gasteiger partial charge >= 0.3 is 0 Å². The highest BCUT2D eigenvalue weighted by Gasteiger charge is 2.42. The second-order valence-electron chi connectivity index (χ2n) is 5.45. The fraction of sp³-hybridized carbons (Fsp3) is 0.786. The zero-order valence-corrected chi connectivity index (χ0v) is 11.9. The summed E-state index contributed by atoms with van der Waals surface area (Å²) in [6.07, 6.45) is 4.81. The van der Waals surface area contributed by atoms with Gasteiger partial charge in [0.05, 0.1) is 24.4 Å². The molecule has 3 rings (SSSR count). The second kappa shape index (κ2) is 5.61. The molecular formula is C14H24N4O. The van der Waals surface area contributed by atoms with Crippen LogP contribution in [0.25, 0.3) is 0 Å². The SMILES string of the molecule is CCn1nccc1C1C(CNC)OCCN1C1CC1. The van der Waals surface area contributed by atoms with Crippen LogP contribution in [-0.4, -0.2) is 53.6 Å². The number of rotatable bonds is 5. The Labute approximate surface area is 114 Å². The molecule has 2 unspecified atom stereocenters. The third kappa shape index (κ3) is 2.55. The Balaban J connectivity index is 1.89. The van der Waals surface area contributed by atoms with E-state index in [1.807, 2.05) is 13.2 Å². The van der Waals surface area contributed by atoms with Crippen LogP contribution in [0.4, 0.5) is 0 Å². The third-order valence-electron chi connectivity index (χ3n) is 4.16. The first-order chi connectivity index (χ1) is 9.35. The zero-order chi connectivity index (χ0) is 13.2. The Hall–Kier alpha value is -0.910. The van der Waals surface area contributed by atoms with E-state index >= 15 is 0 Å². The van der Waals surface area contributed by atoms with Crippen LogP contribution in [-0.2, 0) is 11.3 Å². The highest BCUT2D eigenvalue weighted by atomic mass is 16.5. The predicted octanol–water partition coefficient (Wildman–Crippen LogP) is 1.03. The molecule has 0 aromatic carbocycles. The molecule has 5 heteroatoms. The summed E-state index contributed by atoms with van der Waals surface area (Å²) in [4.78, 5) is 2.63. The van der Waals surface area contributed by atoms with Gasteiger partial charge in [-0.1, -0.05) is 0 Å². The molecule has 106 valence electrons. The van der Waals surface area contributed by atoms with E-state index in [-0.39, 0.29) is 6.10 Å². The maximum atomic E-state index is 6.02. The first kappa shape index (κ1) is 13.1. The van der Waals surface area contributed by atoms with Crippen LogP contribution in [0, 0.1) is 0 Å². The highest BCUT2D eigenvalue weighted by molar-refractivity contribution is 5.13. The van der Waals surface area contributed by atoms with Gasteiger partial charge in [0.2, 0.25) is 0 Å². The molecule has 2 atom stereocenters. The van der Waals surface area contributed by atoms with Crippen LogP contribution in [0.1, 0.15) is 31.5 Å². The fourth-order valence-corrected chi connectivity index (χ4v) is 3.16. The van der Waals surface area contributed by atoms with E-state index in [0.717, 1.165) is 32.3 Å². The lowest BCUT2D eigenvalue weighted by Gasteiger charge is -2.41. The Morgan fingerprint density at radius 3 is 3.00 bits per heavy atom. The number of aromatic nitrogens is 2. The first-order valence-electron chi connectivity index (χ1n) is 7.38. The summed E-state index contributed by atoms with van der Waals surface area (Å²) >= 11 is 0. The van der Waals surface area contributed by atoms with Gasteiger partial charge in [0.15, 0.2) is 0 Å². The normalized spacial score (nSPS) is 28.7. The van der Waals surface area contributed by atoms with Crippen molar-refractivity contribution in [2.75, 3.05) is 26.7 Å². The van der Waals surface area contributed by atoms with E-state index in [4.69, 9.17) is 4.74 Å². The van der Waals surface area contributed by atoms with Crippen molar-refractivity contribution in [3.05, 3.63) is 18.0 Å². The molecule has 1 aliphatic carbocycles. The summed E-state index contributed by atoms with van der Waals surface area (Å²) < 4.78 is 8.13. The van der Waals surface area contributed by atoms with Crippen LogP contribution in [0.2, 0.25) is 0 Å². The number of morpholine rings is 1. The number of hydrogen-bond donors (Lipinski definition) is 1. The monoisotopic (exact) mass is 264 g/mol. The topological polar surface area (TPSA) is 42.3 Å². The number of aryl methyl sites for hydroxylation is 1. The van der Waals surface area contributed by atoms with Crippen molar-refractivity contribution in [1.29, 1.82) is 0 Å². The molecule has 2 fully saturated rings. The lowest BCUT2D eigenvalue weighted by atomic mass is 10.0. The average molecular weight is 264 g/mol. The molecule has 1 aliphatic heterocycles. The Kier molecular flexibility index (Phi) is 3.86. The third-order valence-corrected chi connectivity index (χ3v) is 4.16. The summed E-state index contributed by atoms with van der Waals surface area (Å²) in [5.74, 6) is 0. The molecule has 0 spiro atoms. The largest absolute Gasteiger partial charge is 0.374 e. The van der Waals surface area contributed by atoms with Gasteiger partial charge in [-0.15, -0.1) is 0 Å². The first-order valence-corrected chi connectivity index (χ1v) is 7.38. The van der Waals surface area contributed by atoms with E-state index in [0.29, 0.717) is 6.04 Å². The average Bonchev–Trinajstić information content (AvgIpc) is 3.17. The number of likely N-dealkylation sites (N-methyl/N-ethyl adjacent to an activating group) is 1. The van der Waals surface area contributed by atoms with Crippen molar-refractivity contribution in [2.24, 2.45) is 0 Å². The van der Waals surface area contributed by atoms with Gasteiger partial charge in [0.1, 0.15) is 0 Å². The minimum Gasteiger partial charge on any atom is -0.374 e. The number of nitrogens with zero attached hydrogens (tertiary/aromatic N) is 3. The van der Waals surface area contributed by atoms with Gasteiger partial charge in [0, 0.05) is 31.9 Å². The molecule has 0 radical (unpaired) electrons. The molecule has 0 amide bonds. The second-order valence-corrected chi connectivity index (χ2v) is 5.45. The van der Waals surface area contributed by atoms with Crippen molar-refractivity contribution in [2.45, 2.75) is 44.5 Å². The van der Waals surface area contributed by atoms with E-state index in [1.165, 1.54) is 18.5 Å². The lowest BCUT2D eigenvalue weighted by molar-refractivity contribution is -0.0765. The molecule has 5 nitrogen and oxygen atoms in total. The van der Waals surface area contributed by atoms with Gasteiger partial charge < -0.3 is 10.1 Å². The number of ether oxygens (including phenoxy) is 1. The van der Waals surface area contributed by atoms with E-state index in [2.05, 4.69) is 33.0 Å². The van der Waals surface area contributed by atoms with E-state index < -0.39 is 0 Å². The molecule has 2 heterocycles. The smallest absolute Gasteiger partial charge is 0.0911 e. The molecule has 2 aliphatic rings. The van der Waals surface area contributed by atoms with Crippen LogP contribution in [0.15, 0.2) is 12.3 Å². The van der Waals surface area contributed by atoms with Crippen molar-refractivity contribution in [3.8, 4) is 0 Å². The van der Waals surface area contributed by atoms with Crippen molar-refractivity contribution in [1.82, 2.24) is 20.0 Å². The van der Waals surface area contributed by atoms with Crippen molar-refractivity contribution < 1.29 is 4.74 Å². The maximum absolute atomic E-state index is 6.02. The predicted molar refractivity (Wildman–Crippen MR) is 74.0 cm³/mol.